The minimum absolute atomic E-state index is 0.149. The summed E-state index contributed by atoms with van der Waals surface area (Å²) in [7, 11) is 0. The Morgan fingerprint density at radius 2 is 1.95 bits per heavy atom. The lowest BCUT2D eigenvalue weighted by molar-refractivity contribution is -0.141. The van der Waals surface area contributed by atoms with Gasteiger partial charge in [0.05, 0.1) is 5.92 Å². The van der Waals surface area contributed by atoms with E-state index < -0.39 is 11.9 Å². The largest absolute Gasteiger partial charge is 0.481 e. The number of amides is 1. The van der Waals surface area contributed by atoms with Crippen molar-refractivity contribution in [3.05, 3.63) is 54.4 Å². The molecule has 2 rings (SSSR count). The Balaban J connectivity index is 2.04. The average Bonchev–Trinajstić information content (AvgIpc) is 3.05. The van der Waals surface area contributed by atoms with Gasteiger partial charge in [0.2, 0.25) is 0 Å². The van der Waals surface area contributed by atoms with Gasteiger partial charge in [-0.15, -0.1) is 0 Å². The Labute approximate surface area is 129 Å². The maximum atomic E-state index is 12.2. The highest BCUT2D eigenvalue weighted by Crippen LogP contribution is 2.11. The van der Waals surface area contributed by atoms with Crippen molar-refractivity contribution in [2.24, 2.45) is 5.92 Å². The van der Waals surface area contributed by atoms with Crippen LogP contribution in [0.1, 0.15) is 30.1 Å². The van der Waals surface area contributed by atoms with E-state index in [-0.39, 0.29) is 12.5 Å². The third-order valence-electron chi connectivity index (χ3n) is 3.51. The van der Waals surface area contributed by atoms with Crippen molar-refractivity contribution < 1.29 is 14.7 Å². The van der Waals surface area contributed by atoms with Crippen molar-refractivity contribution >= 4 is 11.9 Å². The molecule has 5 nitrogen and oxygen atoms in total. The van der Waals surface area contributed by atoms with Crippen LogP contribution in [0, 0.1) is 5.92 Å². The van der Waals surface area contributed by atoms with E-state index in [1.165, 1.54) is 0 Å². The van der Waals surface area contributed by atoms with Gasteiger partial charge in [0.1, 0.15) is 0 Å². The molecule has 0 aliphatic carbocycles. The lowest BCUT2D eigenvalue weighted by Crippen LogP contribution is -2.32. The highest BCUT2D eigenvalue weighted by atomic mass is 16.4. The minimum Gasteiger partial charge on any atom is -0.481 e. The van der Waals surface area contributed by atoms with Gasteiger partial charge in [0.25, 0.3) is 5.91 Å². The zero-order chi connectivity index (χ0) is 15.9. The van der Waals surface area contributed by atoms with E-state index in [0.717, 1.165) is 12.1 Å². The van der Waals surface area contributed by atoms with Crippen molar-refractivity contribution in [3.8, 4) is 5.69 Å². The van der Waals surface area contributed by atoms with E-state index >= 15 is 0 Å². The second kappa shape index (κ2) is 7.45. The first-order valence-corrected chi connectivity index (χ1v) is 7.36. The topological polar surface area (TPSA) is 71.3 Å². The summed E-state index contributed by atoms with van der Waals surface area (Å²) in [5.41, 5.74) is 1.41. The Morgan fingerprint density at radius 1 is 1.23 bits per heavy atom. The van der Waals surface area contributed by atoms with E-state index in [4.69, 9.17) is 5.11 Å². The normalized spacial score (nSPS) is 11.9. The van der Waals surface area contributed by atoms with E-state index in [9.17, 15) is 9.59 Å². The number of rotatable bonds is 7. The second-order valence-corrected chi connectivity index (χ2v) is 5.17. The molecule has 0 fully saturated rings. The zero-order valence-electron chi connectivity index (χ0n) is 12.5. The standard InChI is InChI=1S/C17H20N2O3/c1-2-6-14(17(21)22)12-18-16(20)13-7-5-8-15(11-13)19-9-3-4-10-19/h3-5,7-11,14H,2,6,12H2,1H3,(H,18,20)(H,21,22). The molecule has 1 aromatic heterocycles. The second-order valence-electron chi connectivity index (χ2n) is 5.17. The van der Waals surface area contributed by atoms with E-state index in [1.54, 1.807) is 12.1 Å². The van der Waals surface area contributed by atoms with Crippen LogP contribution >= 0.6 is 0 Å². The summed E-state index contributed by atoms with van der Waals surface area (Å²) in [5, 5.41) is 11.8. The average molecular weight is 300 g/mol. The van der Waals surface area contributed by atoms with Crippen molar-refractivity contribution in [2.45, 2.75) is 19.8 Å². The molecular formula is C17H20N2O3. The number of carboxylic acids is 1. The SMILES string of the molecule is CCCC(CNC(=O)c1cccc(-n2cccc2)c1)C(=O)O. The third kappa shape index (κ3) is 3.97. The number of hydrogen-bond donors (Lipinski definition) is 2. The first kappa shape index (κ1) is 15.8. The van der Waals surface area contributed by atoms with Crippen LogP contribution in [0.4, 0.5) is 0 Å². The summed E-state index contributed by atoms with van der Waals surface area (Å²) in [6, 6.07) is 11.0. The van der Waals surface area contributed by atoms with Gasteiger partial charge in [0.15, 0.2) is 0 Å². The lowest BCUT2D eigenvalue weighted by atomic mass is 10.0. The van der Waals surface area contributed by atoms with Crippen LogP contribution in [0.2, 0.25) is 0 Å². The molecule has 1 heterocycles. The molecular weight excluding hydrogens is 280 g/mol. The van der Waals surface area contributed by atoms with Crippen molar-refractivity contribution in [3.63, 3.8) is 0 Å². The predicted molar refractivity (Wildman–Crippen MR) is 84.1 cm³/mol. The number of carbonyl (C=O) groups excluding carboxylic acids is 1. The molecule has 1 amide bonds. The van der Waals surface area contributed by atoms with Crippen LogP contribution < -0.4 is 5.32 Å². The zero-order valence-corrected chi connectivity index (χ0v) is 12.5. The number of nitrogens with one attached hydrogen (secondary N) is 1. The number of aliphatic carboxylic acids is 1. The Hall–Kier alpha value is -2.56. The maximum Gasteiger partial charge on any atom is 0.308 e. The molecule has 116 valence electrons. The molecule has 1 aromatic carbocycles. The van der Waals surface area contributed by atoms with Crippen LogP contribution in [-0.4, -0.2) is 28.1 Å². The monoisotopic (exact) mass is 300 g/mol. The highest BCUT2D eigenvalue weighted by molar-refractivity contribution is 5.94. The third-order valence-corrected chi connectivity index (χ3v) is 3.51. The first-order chi connectivity index (χ1) is 10.6. The summed E-state index contributed by atoms with van der Waals surface area (Å²) >= 11 is 0. The molecule has 0 saturated heterocycles. The van der Waals surface area contributed by atoms with E-state index in [1.807, 2.05) is 48.1 Å². The molecule has 0 saturated carbocycles. The predicted octanol–water partition coefficient (Wildman–Crippen LogP) is 2.71. The number of carbonyl (C=O) groups is 2. The van der Waals surface area contributed by atoms with Gasteiger partial charge >= 0.3 is 5.97 Å². The quantitative estimate of drug-likeness (QED) is 0.826. The summed E-state index contributed by atoms with van der Waals surface area (Å²) < 4.78 is 1.91. The van der Waals surface area contributed by atoms with Gasteiger partial charge in [-0.25, -0.2) is 0 Å². The first-order valence-electron chi connectivity index (χ1n) is 7.36. The molecule has 2 N–H and O–H groups in total. The molecule has 1 unspecified atom stereocenters. The molecule has 0 aliphatic heterocycles. The molecule has 0 aliphatic rings. The fourth-order valence-corrected chi connectivity index (χ4v) is 2.29. The number of benzene rings is 1. The fraction of sp³-hybridized carbons (Fsp3) is 0.294. The summed E-state index contributed by atoms with van der Waals surface area (Å²) in [5.74, 6) is -1.67. The smallest absolute Gasteiger partial charge is 0.308 e. The fourth-order valence-electron chi connectivity index (χ4n) is 2.29. The van der Waals surface area contributed by atoms with Gasteiger partial charge < -0.3 is 15.0 Å². The molecule has 0 radical (unpaired) electrons. The van der Waals surface area contributed by atoms with Gasteiger partial charge in [-0.3, -0.25) is 9.59 Å². The molecule has 1 atom stereocenters. The van der Waals surface area contributed by atoms with Gasteiger partial charge in [-0.2, -0.15) is 0 Å². The number of nitrogens with zero attached hydrogens (tertiary/aromatic N) is 1. The lowest BCUT2D eigenvalue weighted by Gasteiger charge is -2.13. The van der Waals surface area contributed by atoms with Crippen molar-refractivity contribution in [1.29, 1.82) is 0 Å². The van der Waals surface area contributed by atoms with E-state index in [0.29, 0.717) is 12.0 Å². The van der Waals surface area contributed by atoms with Crippen LogP contribution in [0.5, 0.6) is 0 Å². The Morgan fingerprint density at radius 3 is 2.59 bits per heavy atom. The van der Waals surface area contributed by atoms with Crippen LogP contribution in [0.3, 0.4) is 0 Å². The van der Waals surface area contributed by atoms with E-state index in [2.05, 4.69) is 5.32 Å². The van der Waals surface area contributed by atoms with Gasteiger partial charge in [0, 0.05) is 30.2 Å². The molecule has 0 bridgehead atoms. The maximum absolute atomic E-state index is 12.2. The Bertz CT molecular complexity index is 635. The van der Waals surface area contributed by atoms with Gasteiger partial charge in [-0.1, -0.05) is 19.4 Å². The highest BCUT2D eigenvalue weighted by Gasteiger charge is 2.17. The van der Waals surface area contributed by atoms with Crippen molar-refractivity contribution in [2.75, 3.05) is 6.54 Å². The minimum atomic E-state index is -0.872. The van der Waals surface area contributed by atoms with Crippen LogP contribution in [0.15, 0.2) is 48.8 Å². The number of carboxylic acid groups (broad SMARTS) is 1. The number of aromatic nitrogens is 1. The molecule has 0 spiro atoms. The summed E-state index contributed by atoms with van der Waals surface area (Å²) in [4.78, 5) is 23.3. The summed E-state index contributed by atoms with van der Waals surface area (Å²) in [6.45, 7) is 2.08. The number of hydrogen-bond acceptors (Lipinski definition) is 2. The van der Waals surface area contributed by atoms with Crippen molar-refractivity contribution in [1.82, 2.24) is 9.88 Å². The molecule has 22 heavy (non-hydrogen) atoms. The molecule has 5 heteroatoms. The summed E-state index contributed by atoms with van der Waals surface area (Å²) in [6.07, 6.45) is 5.13. The van der Waals surface area contributed by atoms with Gasteiger partial charge in [-0.05, 0) is 36.8 Å². The van der Waals surface area contributed by atoms with Crippen LogP contribution in [-0.2, 0) is 4.79 Å². The van der Waals surface area contributed by atoms with Crippen LogP contribution in [0.25, 0.3) is 5.69 Å². The molecule has 2 aromatic rings. The Kier molecular flexibility index (Phi) is 5.36.